The Balaban J connectivity index is 1.10. The zero-order valence-electron chi connectivity index (χ0n) is 17.3. The molecule has 0 bridgehead atoms. The van der Waals surface area contributed by atoms with Crippen molar-refractivity contribution < 1.29 is 4.79 Å². The molecular formula is C24H32N4O. The van der Waals surface area contributed by atoms with Crippen LogP contribution in [-0.2, 0) is 13.0 Å². The van der Waals surface area contributed by atoms with Gasteiger partial charge in [0.1, 0.15) is 5.69 Å². The number of nitrogens with one attached hydrogen (secondary N) is 1. The number of hydrogen-bond acceptors (Lipinski definition) is 3. The summed E-state index contributed by atoms with van der Waals surface area (Å²) in [5, 5.41) is 7.32. The fourth-order valence-electron chi connectivity index (χ4n) is 4.86. The first-order valence-corrected chi connectivity index (χ1v) is 11.4. The first-order chi connectivity index (χ1) is 14.2. The Morgan fingerprint density at radius 2 is 1.66 bits per heavy atom. The molecule has 0 radical (unpaired) electrons. The average Bonchev–Trinajstić information content (AvgIpc) is 3.25. The second-order valence-electron chi connectivity index (χ2n) is 9.22. The van der Waals surface area contributed by atoms with Gasteiger partial charge < -0.3 is 4.90 Å². The summed E-state index contributed by atoms with van der Waals surface area (Å²) in [6, 6.07) is 11.2. The number of H-pyrrole nitrogens is 1. The number of likely N-dealkylation sites (tertiary alicyclic amines) is 2. The Kier molecular flexibility index (Phi) is 5.40. The molecule has 1 aromatic heterocycles. The summed E-state index contributed by atoms with van der Waals surface area (Å²) in [7, 11) is 0. The van der Waals surface area contributed by atoms with Gasteiger partial charge in [-0.25, -0.2) is 0 Å². The number of piperidine rings is 1. The van der Waals surface area contributed by atoms with Crippen LogP contribution in [-0.4, -0.2) is 52.1 Å². The number of carbonyl (C=O) groups excluding carboxylic acids is 1. The highest BCUT2D eigenvalue weighted by atomic mass is 16.2. The van der Waals surface area contributed by atoms with Crippen LogP contribution in [0.2, 0.25) is 0 Å². The molecule has 2 saturated heterocycles. The van der Waals surface area contributed by atoms with Crippen molar-refractivity contribution >= 4 is 5.91 Å². The molecule has 3 heterocycles. The van der Waals surface area contributed by atoms with Crippen molar-refractivity contribution in [3.63, 3.8) is 0 Å². The Labute approximate surface area is 173 Å². The second-order valence-corrected chi connectivity index (χ2v) is 9.22. The van der Waals surface area contributed by atoms with Gasteiger partial charge in [0.25, 0.3) is 5.91 Å². The third kappa shape index (κ3) is 4.55. The molecule has 29 heavy (non-hydrogen) atoms. The summed E-state index contributed by atoms with van der Waals surface area (Å²) in [5.74, 6) is 1.37. The highest BCUT2D eigenvalue weighted by molar-refractivity contribution is 5.92. The summed E-state index contributed by atoms with van der Waals surface area (Å²) >= 11 is 0. The predicted octanol–water partition coefficient (Wildman–Crippen LogP) is 3.98. The molecule has 1 aromatic carbocycles. The van der Waals surface area contributed by atoms with Crippen LogP contribution in [0.5, 0.6) is 0 Å². The molecule has 0 unspecified atom stereocenters. The van der Waals surface area contributed by atoms with Gasteiger partial charge in [-0.1, -0.05) is 24.3 Å². The number of rotatable bonds is 6. The van der Waals surface area contributed by atoms with E-state index in [9.17, 15) is 4.79 Å². The van der Waals surface area contributed by atoms with Crippen LogP contribution in [0.1, 0.15) is 71.8 Å². The summed E-state index contributed by atoms with van der Waals surface area (Å²) in [4.78, 5) is 17.3. The molecule has 2 aliphatic heterocycles. The number of hydrogen-bond donors (Lipinski definition) is 1. The van der Waals surface area contributed by atoms with E-state index in [0.717, 1.165) is 44.6 Å². The zero-order chi connectivity index (χ0) is 19.6. The smallest absolute Gasteiger partial charge is 0.274 e. The number of amides is 1. The van der Waals surface area contributed by atoms with Crippen molar-refractivity contribution in [2.24, 2.45) is 5.92 Å². The molecule has 154 valence electrons. The van der Waals surface area contributed by atoms with Crippen molar-refractivity contribution in [2.75, 3.05) is 26.2 Å². The van der Waals surface area contributed by atoms with E-state index in [-0.39, 0.29) is 5.91 Å². The minimum atomic E-state index is 0.0952. The van der Waals surface area contributed by atoms with Crippen LogP contribution in [0, 0.1) is 5.92 Å². The van der Waals surface area contributed by atoms with E-state index >= 15 is 0 Å². The number of benzene rings is 1. The molecule has 1 N–H and O–H groups in total. The van der Waals surface area contributed by atoms with Gasteiger partial charge in [0.2, 0.25) is 0 Å². The van der Waals surface area contributed by atoms with E-state index in [1.54, 1.807) is 0 Å². The predicted molar refractivity (Wildman–Crippen MR) is 114 cm³/mol. The molecule has 3 fully saturated rings. The van der Waals surface area contributed by atoms with Crippen molar-refractivity contribution in [1.29, 1.82) is 0 Å². The quantitative estimate of drug-likeness (QED) is 0.809. The molecule has 5 heteroatoms. The van der Waals surface area contributed by atoms with Crippen molar-refractivity contribution in [1.82, 2.24) is 20.0 Å². The summed E-state index contributed by atoms with van der Waals surface area (Å²) in [6.07, 6.45) is 8.44. The first-order valence-electron chi connectivity index (χ1n) is 11.4. The SMILES string of the molecule is O=C(c1cc(C2CC2)[nH]n1)N1CCC(Cc2ccc(CN3CCCC3)cc2)CC1. The average molecular weight is 393 g/mol. The lowest BCUT2D eigenvalue weighted by Gasteiger charge is -2.31. The van der Waals surface area contributed by atoms with E-state index < -0.39 is 0 Å². The minimum Gasteiger partial charge on any atom is -0.337 e. The van der Waals surface area contributed by atoms with E-state index in [1.807, 2.05) is 11.0 Å². The van der Waals surface area contributed by atoms with E-state index in [1.165, 1.54) is 49.9 Å². The van der Waals surface area contributed by atoms with Gasteiger partial charge in [-0.15, -0.1) is 0 Å². The standard InChI is InChI=1S/C24H32N4O/c29-24(23-16-22(25-26-23)21-7-8-21)28-13-9-19(10-14-28)15-18-3-5-20(6-4-18)17-27-11-1-2-12-27/h3-6,16,19,21H,1-2,7-15,17H2,(H,25,26). The lowest BCUT2D eigenvalue weighted by atomic mass is 9.90. The van der Waals surface area contributed by atoms with Crippen molar-refractivity contribution in [2.45, 2.75) is 57.4 Å². The molecule has 5 rings (SSSR count). The second kappa shape index (κ2) is 8.31. The number of aromatic nitrogens is 2. The fraction of sp³-hybridized carbons (Fsp3) is 0.583. The van der Waals surface area contributed by atoms with Gasteiger partial charge in [0.15, 0.2) is 0 Å². The zero-order valence-corrected chi connectivity index (χ0v) is 17.3. The normalized spacial score (nSPS) is 21.0. The molecule has 1 amide bonds. The molecule has 0 spiro atoms. The molecule has 0 atom stereocenters. The topological polar surface area (TPSA) is 52.2 Å². The molecule has 5 nitrogen and oxygen atoms in total. The number of aromatic amines is 1. The van der Waals surface area contributed by atoms with E-state index in [0.29, 0.717) is 17.5 Å². The van der Waals surface area contributed by atoms with Crippen LogP contribution < -0.4 is 0 Å². The largest absolute Gasteiger partial charge is 0.337 e. The number of nitrogens with zero attached hydrogens (tertiary/aromatic N) is 3. The van der Waals surface area contributed by atoms with Crippen LogP contribution in [0.3, 0.4) is 0 Å². The van der Waals surface area contributed by atoms with E-state index in [2.05, 4.69) is 39.4 Å². The fourth-order valence-corrected chi connectivity index (χ4v) is 4.86. The van der Waals surface area contributed by atoms with Gasteiger partial charge in [0, 0.05) is 31.2 Å². The Bertz CT molecular complexity index is 825. The third-order valence-electron chi connectivity index (χ3n) is 6.89. The van der Waals surface area contributed by atoms with Crippen molar-refractivity contribution in [3.05, 3.63) is 52.8 Å². The van der Waals surface area contributed by atoms with Gasteiger partial charge >= 0.3 is 0 Å². The molecule has 1 saturated carbocycles. The van der Waals surface area contributed by atoms with Crippen LogP contribution >= 0.6 is 0 Å². The first kappa shape index (κ1) is 18.9. The number of carbonyl (C=O) groups is 1. The van der Waals surface area contributed by atoms with Crippen molar-refractivity contribution in [3.8, 4) is 0 Å². The maximum atomic E-state index is 12.7. The maximum Gasteiger partial charge on any atom is 0.274 e. The summed E-state index contributed by atoms with van der Waals surface area (Å²) in [5.41, 5.74) is 4.59. The van der Waals surface area contributed by atoms with E-state index in [4.69, 9.17) is 0 Å². The monoisotopic (exact) mass is 392 g/mol. The molecule has 1 aliphatic carbocycles. The maximum absolute atomic E-state index is 12.7. The highest BCUT2D eigenvalue weighted by Gasteiger charge is 2.29. The van der Waals surface area contributed by atoms with Gasteiger partial charge in [0.05, 0.1) is 0 Å². The Hall–Kier alpha value is -2.14. The van der Waals surface area contributed by atoms with Gasteiger partial charge in [-0.3, -0.25) is 14.8 Å². The lowest BCUT2D eigenvalue weighted by Crippen LogP contribution is -2.39. The third-order valence-corrected chi connectivity index (χ3v) is 6.89. The van der Waals surface area contributed by atoms with Crippen LogP contribution in [0.4, 0.5) is 0 Å². The molecule has 3 aliphatic rings. The van der Waals surface area contributed by atoms with Crippen LogP contribution in [0.15, 0.2) is 30.3 Å². The lowest BCUT2D eigenvalue weighted by molar-refractivity contribution is 0.0684. The minimum absolute atomic E-state index is 0.0952. The summed E-state index contributed by atoms with van der Waals surface area (Å²) < 4.78 is 0. The Morgan fingerprint density at radius 1 is 0.966 bits per heavy atom. The molecule has 2 aromatic rings. The summed E-state index contributed by atoms with van der Waals surface area (Å²) in [6.45, 7) is 5.29. The van der Waals surface area contributed by atoms with Crippen LogP contribution in [0.25, 0.3) is 0 Å². The van der Waals surface area contributed by atoms with Gasteiger partial charge in [-0.05, 0) is 81.1 Å². The van der Waals surface area contributed by atoms with Gasteiger partial charge in [-0.2, -0.15) is 5.10 Å². The Morgan fingerprint density at radius 3 is 2.34 bits per heavy atom. The molecular weight excluding hydrogens is 360 g/mol. The highest BCUT2D eigenvalue weighted by Crippen LogP contribution is 2.39.